The number of esters is 4. The van der Waals surface area contributed by atoms with Crippen LogP contribution in [0.2, 0.25) is 0 Å². The Balaban J connectivity index is 5.39. The van der Waals surface area contributed by atoms with E-state index in [1.165, 1.54) is 109 Å². The smallest absolute Gasteiger partial charge is 0.462 e. The van der Waals surface area contributed by atoms with Gasteiger partial charge in [0.05, 0.1) is 26.4 Å². The number of carbonyl (C=O) groups is 4. The van der Waals surface area contributed by atoms with Crippen molar-refractivity contribution >= 4 is 39.5 Å². The maximum absolute atomic E-state index is 13.1. The monoisotopic (exact) mass is 1480 g/mol. The van der Waals surface area contributed by atoms with E-state index in [4.69, 9.17) is 37.0 Å². The number of ether oxygens (including phenoxy) is 4. The fourth-order valence-electron chi connectivity index (χ4n) is 11.0. The van der Waals surface area contributed by atoms with E-state index < -0.39 is 97.5 Å². The van der Waals surface area contributed by atoms with Crippen LogP contribution in [0.5, 0.6) is 0 Å². The van der Waals surface area contributed by atoms with E-state index in [2.05, 4.69) is 101 Å². The molecule has 19 heteroatoms. The molecule has 5 atom stereocenters. The minimum Gasteiger partial charge on any atom is -0.462 e. The molecule has 0 aliphatic heterocycles. The molecular formula is C83H148O17P2. The van der Waals surface area contributed by atoms with Gasteiger partial charge in [0, 0.05) is 25.7 Å². The Morgan fingerprint density at radius 1 is 0.275 bits per heavy atom. The second-order valence-corrected chi connectivity index (χ2v) is 30.3. The summed E-state index contributed by atoms with van der Waals surface area (Å²) >= 11 is 0. The van der Waals surface area contributed by atoms with Crippen LogP contribution in [0.3, 0.4) is 0 Å². The first kappa shape index (κ1) is 98.2. The second-order valence-electron chi connectivity index (χ2n) is 27.3. The number of hydrogen-bond acceptors (Lipinski definition) is 15. The number of aliphatic hydroxyl groups excluding tert-OH is 1. The number of carbonyl (C=O) groups excluding carboxylic acids is 4. The molecule has 0 aliphatic carbocycles. The van der Waals surface area contributed by atoms with E-state index in [9.17, 15) is 43.2 Å². The molecule has 0 aromatic carbocycles. The Morgan fingerprint density at radius 3 is 0.804 bits per heavy atom. The Labute approximate surface area is 621 Å². The summed E-state index contributed by atoms with van der Waals surface area (Å²) in [6.07, 6.45) is 78.4. The van der Waals surface area contributed by atoms with Gasteiger partial charge in [-0.05, 0) is 141 Å². The molecule has 0 fully saturated rings. The topological polar surface area (TPSA) is 237 Å². The molecule has 0 amide bonds. The van der Waals surface area contributed by atoms with Crippen LogP contribution in [0.25, 0.3) is 0 Å². The maximum atomic E-state index is 13.1. The average molecular weight is 1480 g/mol. The van der Waals surface area contributed by atoms with E-state index in [0.29, 0.717) is 32.1 Å². The molecule has 0 aromatic rings. The summed E-state index contributed by atoms with van der Waals surface area (Å²) in [6, 6.07) is 0. The van der Waals surface area contributed by atoms with Crippen LogP contribution in [0.4, 0.5) is 0 Å². The molecule has 2 unspecified atom stereocenters. The third kappa shape index (κ3) is 74.5. The Bertz CT molecular complexity index is 2260. The van der Waals surface area contributed by atoms with E-state index in [1.807, 2.05) is 12.2 Å². The molecule has 17 nitrogen and oxygen atoms in total. The van der Waals surface area contributed by atoms with Crippen molar-refractivity contribution in [2.45, 2.75) is 380 Å². The minimum atomic E-state index is -4.99. The molecule has 0 saturated heterocycles. The van der Waals surface area contributed by atoms with Crippen LogP contribution in [0, 0.1) is 0 Å². The largest absolute Gasteiger partial charge is 0.472 e. The molecule has 102 heavy (non-hydrogen) atoms. The molecule has 0 spiro atoms. The first-order chi connectivity index (χ1) is 49.7. The van der Waals surface area contributed by atoms with Crippen LogP contribution in [0.1, 0.15) is 362 Å². The van der Waals surface area contributed by atoms with Gasteiger partial charge in [-0.2, -0.15) is 0 Å². The standard InChI is InChI=1S/C83H148O17P2/c1-5-9-13-17-21-25-29-33-37-38-42-44-48-52-56-60-64-68-81(86)94-74-79(100-83(88)70-66-62-58-54-50-46-41-36-32-28-24-20-16-12-8-4)76-98-102(91,92)96-72-77(84)71-95-101(89,90)97-75-78(99-82(87)69-65-61-57-53-49-45-40-35-31-27-23-19-15-11-7-3)73-93-80(85)67-63-59-55-51-47-43-39-34-30-26-22-18-14-10-6-2/h21,25-28,30-33,37,42,44,52,56,77-79,84H,5-20,22-24,29,34-36,38-41,43,45-51,53-55,57-76H2,1-4H3,(H,89,90)(H,91,92)/b25-21-,30-26-,31-27-,32-28-,37-33-,44-42-,56-52-/t77-,78+,79+/m0/s1. The minimum absolute atomic E-state index is 0.0799. The molecule has 0 heterocycles. The highest BCUT2D eigenvalue weighted by Gasteiger charge is 2.30. The van der Waals surface area contributed by atoms with Crippen molar-refractivity contribution in [3.63, 3.8) is 0 Å². The molecule has 0 aliphatic rings. The summed E-state index contributed by atoms with van der Waals surface area (Å²) in [7, 11) is -9.97. The van der Waals surface area contributed by atoms with Crippen molar-refractivity contribution in [3.8, 4) is 0 Å². The summed E-state index contributed by atoms with van der Waals surface area (Å²) < 4.78 is 68.6. The average Bonchev–Trinajstić information content (AvgIpc) is 0.923. The van der Waals surface area contributed by atoms with Crippen molar-refractivity contribution in [2.75, 3.05) is 39.6 Å². The lowest BCUT2D eigenvalue weighted by atomic mass is 10.1. The molecule has 592 valence electrons. The lowest BCUT2D eigenvalue weighted by Crippen LogP contribution is -2.30. The zero-order chi connectivity index (χ0) is 74.6. The fraction of sp³-hybridized carbons (Fsp3) is 0.783. The lowest BCUT2D eigenvalue weighted by molar-refractivity contribution is -0.161. The zero-order valence-corrected chi connectivity index (χ0v) is 66.6. The molecular weight excluding hydrogens is 1330 g/mol. The summed E-state index contributed by atoms with van der Waals surface area (Å²) in [6.45, 7) is 4.79. The number of rotatable bonds is 77. The molecule has 0 bridgehead atoms. The zero-order valence-electron chi connectivity index (χ0n) is 64.8. The van der Waals surface area contributed by atoms with Crippen molar-refractivity contribution in [1.29, 1.82) is 0 Å². The first-order valence-electron chi connectivity index (χ1n) is 40.8. The molecule has 0 saturated carbocycles. The van der Waals surface area contributed by atoms with Gasteiger partial charge in [0.15, 0.2) is 12.2 Å². The predicted molar refractivity (Wildman–Crippen MR) is 418 cm³/mol. The molecule has 0 rings (SSSR count). The van der Waals surface area contributed by atoms with Crippen molar-refractivity contribution in [2.24, 2.45) is 0 Å². The number of phosphoric ester groups is 2. The summed E-state index contributed by atoms with van der Waals surface area (Å²) in [5.41, 5.74) is 0. The van der Waals surface area contributed by atoms with E-state index in [1.54, 1.807) is 0 Å². The highest BCUT2D eigenvalue weighted by molar-refractivity contribution is 7.47. The summed E-state index contributed by atoms with van der Waals surface area (Å²) in [4.78, 5) is 73.0. The molecule has 0 aromatic heterocycles. The first-order valence-corrected chi connectivity index (χ1v) is 43.8. The van der Waals surface area contributed by atoms with Crippen LogP contribution >= 0.6 is 15.6 Å². The van der Waals surface area contributed by atoms with Crippen molar-refractivity contribution < 1.29 is 80.2 Å². The normalized spacial score (nSPS) is 14.3. The van der Waals surface area contributed by atoms with Gasteiger partial charge in [-0.15, -0.1) is 0 Å². The van der Waals surface area contributed by atoms with E-state index >= 15 is 0 Å². The van der Waals surface area contributed by atoms with Gasteiger partial charge in [0.25, 0.3) is 0 Å². The quantitative estimate of drug-likeness (QED) is 0.0169. The van der Waals surface area contributed by atoms with Crippen LogP contribution in [-0.2, 0) is 65.4 Å². The van der Waals surface area contributed by atoms with Gasteiger partial charge in [-0.25, -0.2) is 9.13 Å². The maximum Gasteiger partial charge on any atom is 0.472 e. The SMILES string of the molecule is CCCCC/C=C\C/C=C\C/C=C\C/C=C\CCCC(=O)OC[C@H](COP(=O)(O)OC[C@@H](O)COP(=O)(O)OC[C@@H](COC(=O)CCCCCCCCC/C=C\CCCCCC)OC(=O)CCCCCCCCC/C=C\CCCCCC)OC(=O)CCCCCCCCC/C=C\CCCCCC. The van der Waals surface area contributed by atoms with Gasteiger partial charge in [-0.3, -0.25) is 37.3 Å². The highest BCUT2D eigenvalue weighted by Crippen LogP contribution is 2.45. The van der Waals surface area contributed by atoms with Crippen LogP contribution in [-0.4, -0.2) is 96.7 Å². The van der Waals surface area contributed by atoms with Gasteiger partial charge in [0.1, 0.15) is 19.3 Å². The highest BCUT2D eigenvalue weighted by atomic mass is 31.2. The number of phosphoric acid groups is 2. The van der Waals surface area contributed by atoms with E-state index in [-0.39, 0.29) is 25.7 Å². The summed E-state index contributed by atoms with van der Waals surface area (Å²) in [5.74, 6) is -2.23. The van der Waals surface area contributed by atoms with Crippen molar-refractivity contribution in [3.05, 3.63) is 85.1 Å². The third-order valence-electron chi connectivity index (χ3n) is 17.3. The lowest BCUT2D eigenvalue weighted by Gasteiger charge is -2.21. The summed E-state index contributed by atoms with van der Waals surface area (Å²) in [5, 5.41) is 10.6. The van der Waals surface area contributed by atoms with Gasteiger partial charge >= 0.3 is 39.5 Å². The molecule has 0 radical (unpaired) electrons. The fourth-order valence-corrected chi connectivity index (χ4v) is 12.6. The van der Waals surface area contributed by atoms with Gasteiger partial charge in [-0.1, -0.05) is 280 Å². The number of unbranched alkanes of at least 4 members (excludes halogenated alkanes) is 37. The number of allylic oxidation sites excluding steroid dienone is 14. The van der Waals surface area contributed by atoms with Gasteiger partial charge in [0.2, 0.25) is 0 Å². The Hall–Kier alpha value is -3.76. The van der Waals surface area contributed by atoms with Crippen molar-refractivity contribution in [1.82, 2.24) is 0 Å². The van der Waals surface area contributed by atoms with Crippen LogP contribution < -0.4 is 0 Å². The Morgan fingerprint density at radius 2 is 0.490 bits per heavy atom. The van der Waals surface area contributed by atoms with E-state index in [0.717, 1.165) is 167 Å². The second kappa shape index (κ2) is 75.5. The molecule has 3 N–H and O–H groups in total. The third-order valence-corrected chi connectivity index (χ3v) is 19.2. The number of hydrogen-bond donors (Lipinski definition) is 3. The Kier molecular flexibility index (Phi) is 72.7. The van der Waals surface area contributed by atoms with Crippen LogP contribution in [0.15, 0.2) is 85.1 Å². The number of aliphatic hydroxyl groups is 1. The predicted octanol–water partition coefficient (Wildman–Crippen LogP) is 23.8. The van der Waals surface area contributed by atoms with Gasteiger partial charge < -0.3 is 33.8 Å².